The van der Waals surface area contributed by atoms with Crippen LogP contribution in [0.3, 0.4) is 0 Å². The van der Waals surface area contributed by atoms with Gasteiger partial charge < -0.3 is 19.5 Å². The molecule has 8 nitrogen and oxygen atoms in total. The molecular weight excluding hydrogens is 336 g/mol. The van der Waals surface area contributed by atoms with Gasteiger partial charge in [-0.05, 0) is 19.8 Å². The van der Waals surface area contributed by atoms with E-state index >= 15 is 0 Å². The van der Waals surface area contributed by atoms with Crippen LogP contribution < -0.4 is 5.32 Å². The highest BCUT2D eigenvalue weighted by molar-refractivity contribution is 5.93. The number of aryl methyl sites for hydroxylation is 1. The molecule has 26 heavy (non-hydrogen) atoms. The molecule has 0 aromatic carbocycles. The number of amides is 2. The third-order valence-electron chi connectivity index (χ3n) is 4.33. The molecule has 0 unspecified atom stereocenters. The van der Waals surface area contributed by atoms with Crippen LogP contribution >= 0.6 is 0 Å². The topological polar surface area (TPSA) is 87.9 Å². The van der Waals surface area contributed by atoms with Gasteiger partial charge in [0, 0.05) is 38.7 Å². The predicted molar refractivity (Wildman–Crippen MR) is 97.9 cm³/mol. The molecule has 0 radical (unpaired) electrons. The second kappa shape index (κ2) is 10.9. The molecule has 1 N–H and O–H groups in total. The van der Waals surface area contributed by atoms with Crippen molar-refractivity contribution in [3.8, 4) is 0 Å². The van der Waals surface area contributed by atoms with Gasteiger partial charge >= 0.3 is 0 Å². The lowest BCUT2D eigenvalue weighted by Crippen LogP contribution is -2.41. The molecule has 1 saturated heterocycles. The fourth-order valence-electron chi connectivity index (χ4n) is 2.87. The molecule has 8 heteroatoms. The van der Waals surface area contributed by atoms with Crippen molar-refractivity contribution in [3.63, 3.8) is 0 Å². The third-order valence-corrected chi connectivity index (χ3v) is 4.33. The molecule has 0 saturated carbocycles. The second-order valence-corrected chi connectivity index (χ2v) is 6.60. The fourth-order valence-corrected chi connectivity index (χ4v) is 2.87. The average Bonchev–Trinajstić information content (AvgIpc) is 3.04. The molecule has 0 bridgehead atoms. The Morgan fingerprint density at radius 1 is 1.31 bits per heavy atom. The molecule has 0 spiro atoms. The summed E-state index contributed by atoms with van der Waals surface area (Å²) in [7, 11) is 0. The van der Waals surface area contributed by atoms with Crippen LogP contribution in [-0.2, 0) is 14.3 Å². The quantitative estimate of drug-likeness (QED) is 0.678. The summed E-state index contributed by atoms with van der Waals surface area (Å²) in [5.41, 5.74) is 0. The molecular formula is C18H30N4O4. The van der Waals surface area contributed by atoms with E-state index in [2.05, 4.69) is 22.3 Å². The van der Waals surface area contributed by atoms with Crippen molar-refractivity contribution >= 4 is 17.6 Å². The maximum absolute atomic E-state index is 12.5. The van der Waals surface area contributed by atoms with Crippen molar-refractivity contribution in [2.75, 3.05) is 51.3 Å². The summed E-state index contributed by atoms with van der Waals surface area (Å²) in [5.74, 6) is 0.776. The van der Waals surface area contributed by atoms with E-state index in [9.17, 15) is 9.59 Å². The number of rotatable bonds is 10. The van der Waals surface area contributed by atoms with Crippen LogP contribution in [0.25, 0.3) is 0 Å². The number of carbonyl (C=O) groups excluding carboxylic acids is 2. The molecule has 1 fully saturated rings. The maximum Gasteiger partial charge on any atom is 0.245 e. The third kappa shape index (κ3) is 7.13. The van der Waals surface area contributed by atoms with Gasteiger partial charge in [0.05, 0.1) is 19.8 Å². The molecule has 146 valence electrons. The van der Waals surface area contributed by atoms with Gasteiger partial charge in [0.2, 0.25) is 11.8 Å². The van der Waals surface area contributed by atoms with Crippen LogP contribution in [0.1, 0.15) is 38.4 Å². The smallest absolute Gasteiger partial charge is 0.245 e. The van der Waals surface area contributed by atoms with Crippen LogP contribution in [0.5, 0.6) is 0 Å². The Kier molecular flexibility index (Phi) is 8.57. The zero-order valence-electron chi connectivity index (χ0n) is 15.8. The first kappa shape index (κ1) is 20.4. The number of ether oxygens (including phenoxy) is 1. The minimum absolute atomic E-state index is 0.0281. The molecule has 2 rings (SSSR count). The van der Waals surface area contributed by atoms with Gasteiger partial charge in [-0.2, -0.15) is 0 Å². The lowest BCUT2D eigenvalue weighted by atomic mass is 10.2. The van der Waals surface area contributed by atoms with Gasteiger partial charge in [0.1, 0.15) is 5.76 Å². The minimum atomic E-state index is -0.255. The van der Waals surface area contributed by atoms with Crippen molar-refractivity contribution < 1.29 is 18.8 Å². The van der Waals surface area contributed by atoms with Crippen LogP contribution in [0.2, 0.25) is 0 Å². The zero-order chi connectivity index (χ0) is 18.8. The maximum atomic E-state index is 12.5. The average molecular weight is 366 g/mol. The lowest BCUT2D eigenvalue weighted by Gasteiger charge is -2.28. The first-order valence-corrected chi connectivity index (χ1v) is 9.39. The standard InChI is InChI=1S/C18H30N4O4/c1-3-4-6-18(24)22(8-5-7-21-9-11-25-12-10-21)14-17(23)19-16-13-15(2)26-20-16/h13H,3-12,14H2,1-2H3,(H,19,20,23). The number of unbranched alkanes of at least 4 members (excludes halogenated alkanes) is 1. The number of nitrogens with one attached hydrogen (secondary N) is 1. The van der Waals surface area contributed by atoms with Gasteiger partial charge in [-0.3, -0.25) is 14.5 Å². The summed E-state index contributed by atoms with van der Waals surface area (Å²) in [6.45, 7) is 8.71. The van der Waals surface area contributed by atoms with Crippen molar-refractivity contribution in [2.24, 2.45) is 0 Å². The van der Waals surface area contributed by atoms with Crippen molar-refractivity contribution in [1.82, 2.24) is 15.0 Å². The summed E-state index contributed by atoms with van der Waals surface area (Å²) >= 11 is 0. The Bertz CT molecular complexity index is 569. The summed E-state index contributed by atoms with van der Waals surface area (Å²) in [5, 5.41) is 6.43. The number of anilines is 1. The molecule has 1 aliphatic rings. The van der Waals surface area contributed by atoms with Crippen LogP contribution in [0, 0.1) is 6.92 Å². The normalized spacial score (nSPS) is 15.0. The monoisotopic (exact) mass is 366 g/mol. The van der Waals surface area contributed by atoms with Crippen molar-refractivity contribution in [1.29, 1.82) is 0 Å². The molecule has 0 atom stereocenters. The van der Waals surface area contributed by atoms with Crippen LogP contribution in [0.15, 0.2) is 10.6 Å². The van der Waals surface area contributed by atoms with E-state index in [-0.39, 0.29) is 18.4 Å². The number of nitrogens with zero attached hydrogens (tertiary/aromatic N) is 3. The fraction of sp³-hybridized carbons (Fsp3) is 0.722. The van der Waals surface area contributed by atoms with E-state index in [1.165, 1.54) is 0 Å². The number of hydrogen-bond acceptors (Lipinski definition) is 6. The summed E-state index contributed by atoms with van der Waals surface area (Å²) in [6.07, 6.45) is 3.11. The van der Waals surface area contributed by atoms with Gasteiger partial charge in [0.15, 0.2) is 5.82 Å². The molecule has 0 aliphatic carbocycles. The molecule has 1 aromatic heterocycles. The first-order chi connectivity index (χ1) is 12.6. The highest BCUT2D eigenvalue weighted by atomic mass is 16.5. The van der Waals surface area contributed by atoms with Gasteiger partial charge in [-0.15, -0.1) is 0 Å². The first-order valence-electron chi connectivity index (χ1n) is 9.39. The Morgan fingerprint density at radius 3 is 2.73 bits per heavy atom. The largest absolute Gasteiger partial charge is 0.379 e. The molecule has 1 aromatic rings. The van der Waals surface area contributed by atoms with Gasteiger partial charge in [-0.1, -0.05) is 18.5 Å². The predicted octanol–water partition coefficient (Wildman–Crippen LogP) is 1.66. The summed E-state index contributed by atoms with van der Waals surface area (Å²) in [4.78, 5) is 28.7. The van der Waals surface area contributed by atoms with Gasteiger partial charge in [0.25, 0.3) is 0 Å². The molecule has 2 amide bonds. The van der Waals surface area contributed by atoms with Crippen molar-refractivity contribution in [2.45, 2.75) is 39.5 Å². The van der Waals surface area contributed by atoms with Crippen molar-refractivity contribution in [3.05, 3.63) is 11.8 Å². The van der Waals surface area contributed by atoms with E-state index in [1.54, 1.807) is 17.9 Å². The zero-order valence-corrected chi connectivity index (χ0v) is 15.8. The SMILES string of the molecule is CCCCC(=O)N(CCCN1CCOCC1)CC(=O)Nc1cc(C)on1. The Hall–Kier alpha value is -1.93. The number of hydrogen-bond donors (Lipinski definition) is 1. The highest BCUT2D eigenvalue weighted by Crippen LogP contribution is 2.08. The van der Waals surface area contributed by atoms with E-state index in [0.29, 0.717) is 24.5 Å². The molecule has 2 heterocycles. The minimum Gasteiger partial charge on any atom is -0.379 e. The van der Waals surface area contributed by atoms with Crippen LogP contribution in [0.4, 0.5) is 5.82 Å². The van der Waals surface area contributed by atoms with E-state index in [0.717, 1.165) is 52.1 Å². The van der Waals surface area contributed by atoms with E-state index in [4.69, 9.17) is 9.26 Å². The summed E-state index contributed by atoms with van der Waals surface area (Å²) in [6, 6.07) is 1.65. The number of carbonyl (C=O) groups is 2. The molecule has 1 aliphatic heterocycles. The number of morpholine rings is 1. The number of aromatic nitrogens is 1. The summed E-state index contributed by atoms with van der Waals surface area (Å²) < 4.78 is 10.3. The van der Waals surface area contributed by atoms with Gasteiger partial charge in [-0.25, -0.2) is 0 Å². The Labute approximate surface area is 154 Å². The van der Waals surface area contributed by atoms with Crippen LogP contribution in [-0.4, -0.2) is 72.7 Å². The Balaban J connectivity index is 1.82. The lowest BCUT2D eigenvalue weighted by molar-refractivity contribution is -0.134. The second-order valence-electron chi connectivity index (χ2n) is 6.60. The van der Waals surface area contributed by atoms with E-state index < -0.39 is 0 Å². The Morgan fingerprint density at radius 2 is 2.08 bits per heavy atom. The van der Waals surface area contributed by atoms with E-state index in [1.807, 2.05) is 0 Å². The highest BCUT2D eigenvalue weighted by Gasteiger charge is 2.18.